The van der Waals surface area contributed by atoms with Gasteiger partial charge in [0, 0.05) is 19.0 Å². The fraction of sp³-hybridized carbons (Fsp3) is 0.400. The van der Waals surface area contributed by atoms with Gasteiger partial charge in [-0.3, -0.25) is 0 Å². The maximum absolute atomic E-state index is 9.24. The van der Waals surface area contributed by atoms with Crippen LogP contribution in [0.5, 0.6) is 5.75 Å². The fourth-order valence-electron chi connectivity index (χ4n) is 2.92. The molecule has 100 valence electrons. The van der Waals surface area contributed by atoms with Crippen molar-refractivity contribution >= 4 is 11.8 Å². The van der Waals surface area contributed by atoms with Gasteiger partial charge < -0.3 is 14.8 Å². The van der Waals surface area contributed by atoms with E-state index in [2.05, 4.69) is 16.1 Å². The number of piperidine rings is 3. The number of hydrogen-bond donors (Lipinski definition) is 1. The van der Waals surface area contributed by atoms with Crippen LogP contribution in [0, 0.1) is 5.92 Å². The number of methoxy groups -OCH3 is 1. The van der Waals surface area contributed by atoms with E-state index in [-0.39, 0.29) is 0 Å². The van der Waals surface area contributed by atoms with Crippen LogP contribution >= 0.6 is 0 Å². The Morgan fingerprint density at radius 2 is 1.95 bits per heavy atom. The molecule has 4 heteroatoms. The van der Waals surface area contributed by atoms with Gasteiger partial charge in [-0.2, -0.15) is 0 Å². The van der Waals surface area contributed by atoms with Crippen molar-refractivity contribution in [1.82, 2.24) is 4.90 Å². The van der Waals surface area contributed by atoms with Crippen molar-refractivity contribution in [3.8, 4) is 5.75 Å². The monoisotopic (exact) mass is 258 g/mol. The molecule has 1 aromatic carbocycles. The van der Waals surface area contributed by atoms with Gasteiger partial charge in [0.25, 0.3) is 0 Å². The van der Waals surface area contributed by atoms with E-state index in [0.29, 0.717) is 5.92 Å². The lowest BCUT2D eigenvalue weighted by atomic mass is 9.83. The van der Waals surface area contributed by atoms with Gasteiger partial charge in [-0.1, -0.05) is 17.3 Å². The number of nitrogens with zero attached hydrogens (tertiary/aromatic N) is 2. The highest BCUT2D eigenvalue weighted by molar-refractivity contribution is 6.05. The molecule has 4 rings (SSSR count). The molecule has 0 spiro atoms. The van der Waals surface area contributed by atoms with E-state index in [1.807, 2.05) is 24.3 Å². The topological polar surface area (TPSA) is 45.1 Å². The molecule has 0 radical (unpaired) electrons. The van der Waals surface area contributed by atoms with E-state index in [1.165, 1.54) is 0 Å². The largest absolute Gasteiger partial charge is 0.497 e. The SMILES string of the molecule is COc1ccc(/C=C2/C(=N/O)C3CCN2CC3)cc1. The van der Waals surface area contributed by atoms with E-state index in [4.69, 9.17) is 4.74 Å². The molecule has 0 aromatic heterocycles. The minimum atomic E-state index is 0.416. The second kappa shape index (κ2) is 4.96. The van der Waals surface area contributed by atoms with Crippen LogP contribution in [-0.4, -0.2) is 36.0 Å². The van der Waals surface area contributed by atoms with E-state index in [1.54, 1.807) is 7.11 Å². The Labute approximate surface area is 113 Å². The molecular formula is C15H18N2O2. The molecule has 4 nitrogen and oxygen atoms in total. The Morgan fingerprint density at radius 1 is 1.26 bits per heavy atom. The van der Waals surface area contributed by atoms with Gasteiger partial charge in [0.15, 0.2) is 0 Å². The van der Waals surface area contributed by atoms with E-state index in [9.17, 15) is 5.21 Å². The zero-order valence-electron chi connectivity index (χ0n) is 11.0. The Kier molecular flexibility index (Phi) is 3.15. The highest BCUT2D eigenvalue weighted by Gasteiger charge is 2.35. The van der Waals surface area contributed by atoms with Gasteiger partial charge in [-0.15, -0.1) is 0 Å². The Balaban J connectivity index is 1.92. The Morgan fingerprint density at radius 3 is 2.53 bits per heavy atom. The fourth-order valence-corrected chi connectivity index (χ4v) is 2.92. The van der Waals surface area contributed by atoms with Crippen molar-refractivity contribution in [3.05, 3.63) is 35.5 Å². The van der Waals surface area contributed by atoms with Crippen LogP contribution in [0.15, 0.2) is 35.1 Å². The normalized spacial score (nSPS) is 23.3. The molecule has 1 aromatic rings. The summed E-state index contributed by atoms with van der Waals surface area (Å²) < 4.78 is 5.16. The minimum absolute atomic E-state index is 0.416. The van der Waals surface area contributed by atoms with Gasteiger partial charge in [-0.25, -0.2) is 0 Å². The van der Waals surface area contributed by atoms with Crippen molar-refractivity contribution in [2.75, 3.05) is 20.2 Å². The molecule has 0 aliphatic carbocycles. The first-order chi connectivity index (χ1) is 9.31. The molecule has 19 heavy (non-hydrogen) atoms. The Hall–Kier alpha value is -1.97. The standard InChI is InChI=1S/C15H18N2O2/c1-19-13-4-2-11(3-5-13)10-14-15(16-18)12-6-8-17(14)9-7-12/h2-5,10,12,18H,6-9H2,1H3/b14-10-,16-15+. The number of hydrogen-bond acceptors (Lipinski definition) is 4. The molecule has 3 aliphatic rings. The van der Waals surface area contributed by atoms with Crippen molar-refractivity contribution < 1.29 is 9.94 Å². The molecule has 3 heterocycles. The summed E-state index contributed by atoms with van der Waals surface area (Å²) in [5, 5.41) is 12.8. The third-order valence-corrected chi connectivity index (χ3v) is 4.01. The highest BCUT2D eigenvalue weighted by atomic mass is 16.5. The molecular weight excluding hydrogens is 240 g/mol. The zero-order chi connectivity index (χ0) is 13.2. The van der Waals surface area contributed by atoms with Crippen LogP contribution in [0.25, 0.3) is 6.08 Å². The van der Waals surface area contributed by atoms with Crippen molar-refractivity contribution in [3.63, 3.8) is 0 Å². The van der Waals surface area contributed by atoms with E-state index < -0.39 is 0 Å². The molecule has 3 saturated heterocycles. The van der Waals surface area contributed by atoms with Crippen molar-refractivity contribution in [2.45, 2.75) is 12.8 Å². The van der Waals surface area contributed by atoms with Crippen LogP contribution in [0.3, 0.4) is 0 Å². The summed E-state index contributed by atoms with van der Waals surface area (Å²) in [6.07, 6.45) is 4.29. The summed E-state index contributed by atoms with van der Waals surface area (Å²) in [6, 6.07) is 7.92. The molecule has 1 N–H and O–H groups in total. The number of allylic oxidation sites excluding steroid dienone is 1. The second-order valence-corrected chi connectivity index (χ2v) is 5.05. The van der Waals surface area contributed by atoms with Gasteiger partial charge >= 0.3 is 0 Å². The highest BCUT2D eigenvalue weighted by Crippen LogP contribution is 2.33. The molecule has 2 bridgehead atoms. The first kappa shape index (κ1) is 12.1. The van der Waals surface area contributed by atoms with Crippen LogP contribution in [-0.2, 0) is 0 Å². The first-order valence-corrected chi connectivity index (χ1v) is 6.65. The second-order valence-electron chi connectivity index (χ2n) is 5.05. The smallest absolute Gasteiger partial charge is 0.118 e. The van der Waals surface area contributed by atoms with Crippen molar-refractivity contribution in [1.29, 1.82) is 0 Å². The number of ether oxygens (including phenoxy) is 1. The average Bonchev–Trinajstić information content (AvgIpc) is 2.49. The summed E-state index contributed by atoms with van der Waals surface area (Å²) >= 11 is 0. The third kappa shape index (κ3) is 2.18. The predicted octanol–water partition coefficient (Wildman–Crippen LogP) is 2.59. The van der Waals surface area contributed by atoms with Gasteiger partial charge in [0.1, 0.15) is 11.5 Å². The molecule has 0 atom stereocenters. The third-order valence-electron chi connectivity index (χ3n) is 4.01. The number of benzene rings is 1. The van der Waals surface area contributed by atoms with Crippen LogP contribution in [0.4, 0.5) is 0 Å². The van der Waals surface area contributed by atoms with E-state index in [0.717, 1.165) is 48.7 Å². The molecule has 0 amide bonds. The number of fused-ring (bicyclic) bond motifs is 3. The predicted molar refractivity (Wildman–Crippen MR) is 74.5 cm³/mol. The molecule has 3 aliphatic heterocycles. The summed E-state index contributed by atoms with van der Waals surface area (Å²) in [6.45, 7) is 2.12. The van der Waals surface area contributed by atoms with E-state index >= 15 is 0 Å². The quantitative estimate of drug-likeness (QED) is 0.655. The van der Waals surface area contributed by atoms with Gasteiger partial charge in [0.05, 0.1) is 12.8 Å². The molecule has 0 unspecified atom stereocenters. The summed E-state index contributed by atoms with van der Waals surface area (Å²) in [5.74, 6) is 1.27. The number of oxime groups is 1. The number of rotatable bonds is 2. The average molecular weight is 258 g/mol. The molecule has 0 saturated carbocycles. The maximum atomic E-state index is 9.24. The summed E-state index contributed by atoms with van der Waals surface area (Å²) in [7, 11) is 1.66. The maximum Gasteiger partial charge on any atom is 0.118 e. The first-order valence-electron chi connectivity index (χ1n) is 6.65. The Bertz CT molecular complexity index is 511. The van der Waals surface area contributed by atoms with Gasteiger partial charge in [-0.05, 0) is 36.6 Å². The summed E-state index contributed by atoms with van der Waals surface area (Å²) in [5.41, 5.74) is 3.01. The lowest BCUT2D eigenvalue weighted by Gasteiger charge is -2.42. The lowest BCUT2D eigenvalue weighted by molar-refractivity contribution is 0.229. The summed E-state index contributed by atoms with van der Waals surface area (Å²) in [4.78, 5) is 2.30. The van der Waals surface area contributed by atoms with Crippen LogP contribution < -0.4 is 4.74 Å². The zero-order valence-corrected chi connectivity index (χ0v) is 11.0. The van der Waals surface area contributed by atoms with Crippen LogP contribution in [0.1, 0.15) is 18.4 Å². The lowest BCUT2D eigenvalue weighted by Crippen LogP contribution is -2.46. The van der Waals surface area contributed by atoms with Gasteiger partial charge in [0.2, 0.25) is 0 Å². The van der Waals surface area contributed by atoms with Crippen LogP contribution in [0.2, 0.25) is 0 Å². The van der Waals surface area contributed by atoms with Crippen molar-refractivity contribution in [2.24, 2.45) is 11.1 Å². The minimum Gasteiger partial charge on any atom is -0.497 e. The molecule has 3 fully saturated rings.